The lowest BCUT2D eigenvalue weighted by atomic mass is 10.2. The Morgan fingerprint density at radius 1 is 1.13 bits per heavy atom. The van der Waals surface area contributed by atoms with Crippen LogP contribution in [0.15, 0.2) is 36.5 Å². The molecule has 2 aromatic rings. The fraction of sp³-hybridized carbons (Fsp3) is 0.450. The SMILES string of the molecule is O=C(Nc1ccccn1)N1c2nc(N3CCC[C@@H]3C(F)(F)F)ccc2N2CC[C@H]1C2. The summed E-state index contributed by atoms with van der Waals surface area (Å²) in [5.74, 6) is 1.08. The average molecular weight is 418 g/mol. The summed E-state index contributed by atoms with van der Waals surface area (Å²) in [7, 11) is 0. The van der Waals surface area contributed by atoms with Crippen molar-refractivity contribution < 1.29 is 18.0 Å². The van der Waals surface area contributed by atoms with Crippen LogP contribution in [0.5, 0.6) is 0 Å². The van der Waals surface area contributed by atoms with E-state index in [2.05, 4.69) is 20.2 Å². The molecule has 2 atom stereocenters. The number of nitrogens with one attached hydrogen (secondary N) is 1. The zero-order chi connectivity index (χ0) is 20.9. The first-order chi connectivity index (χ1) is 14.4. The largest absolute Gasteiger partial charge is 0.408 e. The minimum atomic E-state index is -4.31. The van der Waals surface area contributed by atoms with Crippen LogP contribution in [0.1, 0.15) is 19.3 Å². The first kappa shape index (κ1) is 19.0. The number of alkyl halides is 3. The molecule has 2 bridgehead atoms. The van der Waals surface area contributed by atoms with E-state index in [4.69, 9.17) is 0 Å². The predicted octanol–water partition coefficient (Wildman–Crippen LogP) is 3.64. The molecular formula is C20H21F3N6O. The molecule has 0 unspecified atom stereocenters. The molecule has 5 heterocycles. The molecule has 1 N–H and O–H groups in total. The van der Waals surface area contributed by atoms with Gasteiger partial charge in [-0.25, -0.2) is 14.8 Å². The molecule has 2 amide bonds. The molecule has 10 heteroatoms. The number of hydrogen-bond donors (Lipinski definition) is 1. The van der Waals surface area contributed by atoms with Gasteiger partial charge in [0, 0.05) is 25.8 Å². The molecule has 2 saturated heterocycles. The third-order valence-corrected chi connectivity index (χ3v) is 5.98. The van der Waals surface area contributed by atoms with Crippen LogP contribution in [0, 0.1) is 0 Å². The second-order valence-corrected chi connectivity index (χ2v) is 7.81. The number of urea groups is 1. The molecule has 0 aromatic carbocycles. The number of hydrogen-bond acceptors (Lipinski definition) is 5. The third-order valence-electron chi connectivity index (χ3n) is 5.98. The Morgan fingerprint density at radius 2 is 2.00 bits per heavy atom. The molecule has 5 rings (SSSR count). The van der Waals surface area contributed by atoms with E-state index in [1.165, 1.54) is 4.90 Å². The van der Waals surface area contributed by atoms with Gasteiger partial charge >= 0.3 is 12.2 Å². The summed E-state index contributed by atoms with van der Waals surface area (Å²) in [6, 6.07) is 6.63. The zero-order valence-electron chi connectivity index (χ0n) is 16.1. The van der Waals surface area contributed by atoms with Gasteiger partial charge in [-0.2, -0.15) is 13.2 Å². The molecule has 158 valence electrons. The highest BCUT2D eigenvalue weighted by molar-refractivity contribution is 6.04. The van der Waals surface area contributed by atoms with E-state index < -0.39 is 12.2 Å². The maximum Gasteiger partial charge on any atom is 0.408 e. The van der Waals surface area contributed by atoms with Crippen LogP contribution in [-0.4, -0.2) is 53.9 Å². The minimum Gasteiger partial charge on any atom is -0.366 e. The number of fused-ring (bicyclic) bond motifs is 4. The number of carbonyl (C=O) groups excluding carboxylic acids is 1. The Kier molecular flexibility index (Phi) is 4.44. The van der Waals surface area contributed by atoms with Crippen molar-refractivity contribution in [2.45, 2.75) is 37.5 Å². The van der Waals surface area contributed by atoms with Crippen molar-refractivity contribution >= 4 is 29.2 Å². The normalized spacial score (nSPS) is 23.0. The topological polar surface area (TPSA) is 64.6 Å². The first-order valence-electron chi connectivity index (χ1n) is 10.0. The molecule has 3 aliphatic rings. The van der Waals surface area contributed by atoms with Crippen LogP contribution >= 0.6 is 0 Å². The summed E-state index contributed by atoms with van der Waals surface area (Å²) in [5, 5.41) is 2.78. The maximum atomic E-state index is 13.5. The second-order valence-electron chi connectivity index (χ2n) is 7.81. The first-order valence-corrected chi connectivity index (χ1v) is 10.0. The van der Waals surface area contributed by atoms with Gasteiger partial charge in [-0.3, -0.25) is 10.2 Å². The molecule has 3 aliphatic heterocycles. The van der Waals surface area contributed by atoms with Crippen molar-refractivity contribution in [2.24, 2.45) is 0 Å². The molecule has 0 radical (unpaired) electrons. The van der Waals surface area contributed by atoms with E-state index in [0.29, 0.717) is 31.1 Å². The van der Waals surface area contributed by atoms with E-state index in [9.17, 15) is 18.0 Å². The van der Waals surface area contributed by atoms with Crippen molar-refractivity contribution in [3.05, 3.63) is 36.5 Å². The highest BCUT2D eigenvalue weighted by Crippen LogP contribution is 2.42. The summed E-state index contributed by atoms with van der Waals surface area (Å²) in [6.07, 6.45) is -1.44. The Hall–Kier alpha value is -3.04. The van der Waals surface area contributed by atoms with E-state index in [1.807, 2.05) is 0 Å². The van der Waals surface area contributed by atoms with Crippen molar-refractivity contribution in [2.75, 3.05) is 39.7 Å². The number of nitrogens with zero attached hydrogens (tertiary/aromatic N) is 5. The molecule has 7 nitrogen and oxygen atoms in total. The van der Waals surface area contributed by atoms with Crippen LogP contribution in [0.2, 0.25) is 0 Å². The molecule has 0 spiro atoms. The Balaban J connectivity index is 1.50. The lowest BCUT2D eigenvalue weighted by Gasteiger charge is -2.37. The van der Waals surface area contributed by atoms with Crippen molar-refractivity contribution in [1.82, 2.24) is 9.97 Å². The third kappa shape index (κ3) is 3.20. The lowest BCUT2D eigenvalue weighted by Crippen LogP contribution is -2.49. The number of pyridine rings is 2. The maximum absolute atomic E-state index is 13.5. The average Bonchev–Trinajstić information content (AvgIpc) is 3.37. The van der Waals surface area contributed by atoms with Crippen LogP contribution in [0.3, 0.4) is 0 Å². The number of anilines is 4. The van der Waals surface area contributed by atoms with E-state index in [0.717, 1.165) is 18.7 Å². The van der Waals surface area contributed by atoms with Gasteiger partial charge in [-0.1, -0.05) is 6.07 Å². The number of aromatic nitrogens is 2. The standard InChI is InChI=1S/C20H21F3N6O/c21-20(22,23)15-4-3-10-28(15)17-7-6-14-18(26-17)29(13-8-11-27(14)12-13)19(30)25-16-5-1-2-9-24-16/h1-2,5-7,9,13,15H,3-4,8,10-12H2,(H,24,25,30)/t13-,15+/m0/s1. The summed E-state index contributed by atoms with van der Waals surface area (Å²) < 4.78 is 40.4. The number of carbonyl (C=O) groups is 1. The van der Waals surface area contributed by atoms with Gasteiger partial charge < -0.3 is 9.80 Å². The van der Waals surface area contributed by atoms with E-state index in [1.54, 1.807) is 41.4 Å². The lowest BCUT2D eigenvalue weighted by molar-refractivity contribution is -0.146. The number of halogens is 3. The fourth-order valence-corrected chi connectivity index (χ4v) is 4.61. The monoisotopic (exact) mass is 418 g/mol. The van der Waals surface area contributed by atoms with Gasteiger partial charge in [0.05, 0.1) is 11.7 Å². The highest BCUT2D eigenvalue weighted by Gasteiger charge is 2.47. The van der Waals surface area contributed by atoms with Gasteiger partial charge in [0.15, 0.2) is 5.82 Å². The van der Waals surface area contributed by atoms with Crippen molar-refractivity contribution in [1.29, 1.82) is 0 Å². The van der Waals surface area contributed by atoms with Gasteiger partial charge in [0.2, 0.25) is 0 Å². The fourth-order valence-electron chi connectivity index (χ4n) is 4.61. The second kappa shape index (κ2) is 7.03. The van der Waals surface area contributed by atoms with Gasteiger partial charge in [0.25, 0.3) is 0 Å². The van der Waals surface area contributed by atoms with Gasteiger partial charge in [-0.05, 0) is 43.5 Å². The molecule has 2 fully saturated rings. The molecule has 0 saturated carbocycles. The van der Waals surface area contributed by atoms with Gasteiger partial charge in [0.1, 0.15) is 17.7 Å². The van der Waals surface area contributed by atoms with Gasteiger partial charge in [-0.15, -0.1) is 0 Å². The summed E-state index contributed by atoms with van der Waals surface area (Å²) in [6.45, 7) is 1.75. The summed E-state index contributed by atoms with van der Waals surface area (Å²) in [5.41, 5.74) is 0.770. The molecule has 2 aromatic heterocycles. The summed E-state index contributed by atoms with van der Waals surface area (Å²) in [4.78, 5) is 26.8. The number of amides is 2. The Labute approximate surface area is 171 Å². The molecular weight excluding hydrogens is 397 g/mol. The van der Waals surface area contributed by atoms with Crippen LogP contribution in [0.4, 0.5) is 41.1 Å². The van der Waals surface area contributed by atoms with Crippen molar-refractivity contribution in [3.63, 3.8) is 0 Å². The quantitative estimate of drug-likeness (QED) is 0.807. The highest BCUT2D eigenvalue weighted by atomic mass is 19.4. The van der Waals surface area contributed by atoms with Crippen molar-refractivity contribution in [3.8, 4) is 0 Å². The summed E-state index contributed by atoms with van der Waals surface area (Å²) >= 11 is 0. The van der Waals surface area contributed by atoms with Crippen LogP contribution < -0.4 is 20.0 Å². The van der Waals surface area contributed by atoms with E-state index >= 15 is 0 Å². The number of rotatable bonds is 2. The van der Waals surface area contributed by atoms with E-state index in [-0.39, 0.29) is 24.3 Å². The van der Waals surface area contributed by atoms with Crippen LogP contribution in [-0.2, 0) is 0 Å². The zero-order valence-corrected chi connectivity index (χ0v) is 16.1. The molecule has 0 aliphatic carbocycles. The smallest absolute Gasteiger partial charge is 0.366 e. The van der Waals surface area contributed by atoms with Crippen LogP contribution in [0.25, 0.3) is 0 Å². The predicted molar refractivity (Wildman–Crippen MR) is 107 cm³/mol. The Bertz CT molecular complexity index is 953. The Morgan fingerprint density at radius 3 is 2.77 bits per heavy atom. The minimum absolute atomic E-state index is 0.0564. The molecule has 30 heavy (non-hydrogen) atoms.